The summed E-state index contributed by atoms with van der Waals surface area (Å²) in [5.41, 5.74) is 0.703. The summed E-state index contributed by atoms with van der Waals surface area (Å²) in [6.07, 6.45) is -4.37. The van der Waals surface area contributed by atoms with Crippen LogP contribution in [0.25, 0.3) is 0 Å². The van der Waals surface area contributed by atoms with Crippen LogP contribution in [-0.2, 0) is 5.41 Å². The molecule has 22 heavy (non-hydrogen) atoms. The number of para-hydroxylation sites is 1. The lowest BCUT2D eigenvalue weighted by molar-refractivity contribution is -0.153. The second-order valence-electron chi connectivity index (χ2n) is 5.92. The minimum atomic E-state index is -4.37. The van der Waals surface area contributed by atoms with E-state index in [1.54, 1.807) is 6.07 Å². The Balaban J connectivity index is 2.38. The van der Waals surface area contributed by atoms with Crippen LogP contribution in [0.15, 0.2) is 18.2 Å². The monoisotopic (exact) mass is 317 g/mol. The van der Waals surface area contributed by atoms with Crippen LogP contribution < -0.4 is 14.8 Å². The zero-order valence-electron chi connectivity index (χ0n) is 13.1. The summed E-state index contributed by atoms with van der Waals surface area (Å²) in [6, 6.07) is 5.16. The summed E-state index contributed by atoms with van der Waals surface area (Å²) in [4.78, 5) is 0. The molecule has 1 N–H and O–H groups in total. The summed E-state index contributed by atoms with van der Waals surface area (Å²) in [5, 5.41) is 3.33. The van der Waals surface area contributed by atoms with Crippen LogP contribution in [0.4, 0.5) is 13.2 Å². The molecule has 3 nitrogen and oxygen atoms in total. The van der Waals surface area contributed by atoms with Crippen molar-refractivity contribution >= 4 is 0 Å². The standard InChI is InChI=1S/C16H22F3NO2/c1-4-21-14-12(15(3)9-20-8-11(15)2)6-5-7-13(14)22-10-16(17,18)19/h5-7,11,20H,4,8-10H2,1-3H3. The summed E-state index contributed by atoms with van der Waals surface area (Å²) in [7, 11) is 0. The Bertz CT molecular complexity index is 519. The third-order valence-corrected chi connectivity index (χ3v) is 4.30. The average Bonchev–Trinajstić information content (AvgIpc) is 2.78. The van der Waals surface area contributed by atoms with Crippen molar-refractivity contribution in [2.24, 2.45) is 5.92 Å². The highest BCUT2D eigenvalue weighted by Gasteiger charge is 2.40. The molecule has 0 spiro atoms. The van der Waals surface area contributed by atoms with Gasteiger partial charge in [0, 0.05) is 17.5 Å². The van der Waals surface area contributed by atoms with Crippen molar-refractivity contribution in [3.05, 3.63) is 23.8 Å². The molecule has 0 saturated carbocycles. The summed E-state index contributed by atoms with van der Waals surface area (Å²) >= 11 is 0. The van der Waals surface area contributed by atoms with Crippen molar-refractivity contribution in [2.75, 3.05) is 26.3 Å². The second kappa shape index (κ2) is 6.36. The molecule has 124 valence electrons. The lowest BCUT2D eigenvalue weighted by Gasteiger charge is -2.31. The van der Waals surface area contributed by atoms with E-state index in [-0.39, 0.29) is 11.2 Å². The number of benzene rings is 1. The summed E-state index contributed by atoms with van der Waals surface area (Å²) < 4.78 is 47.9. The minimum absolute atomic E-state index is 0.150. The maximum Gasteiger partial charge on any atom is 0.422 e. The molecule has 0 aromatic heterocycles. The van der Waals surface area contributed by atoms with E-state index in [9.17, 15) is 13.2 Å². The molecule has 2 atom stereocenters. The molecule has 1 aliphatic rings. The second-order valence-corrected chi connectivity index (χ2v) is 5.92. The van der Waals surface area contributed by atoms with Gasteiger partial charge >= 0.3 is 6.18 Å². The maximum atomic E-state index is 12.4. The van der Waals surface area contributed by atoms with E-state index in [4.69, 9.17) is 9.47 Å². The zero-order valence-corrected chi connectivity index (χ0v) is 13.1. The highest BCUT2D eigenvalue weighted by Crippen LogP contribution is 2.44. The van der Waals surface area contributed by atoms with Crippen LogP contribution >= 0.6 is 0 Å². The van der Waals surface area contributed by atoms with Gasteiger partial charge in [0.15, 0.2) is 18.1 Å². The smallest absolute Gasteiger partial charge is 0.422 e. The molecule has 1 saturated heterocycles. The molecule has 0 bridgehead atoms. The molecule has 0 aliphatic carbocycles. The van der Waals surface area contributed by atoms with Gasteiger partial charge in [0.2, 0.25) is 0 Å². The summed E-state index contributed by atoms with van der Waals surface area (Å²) in [5.74, 6) is 0.925. The van der Waals surface area contributed by atoms with E-state index >= 15 is 0 Å². The van der Waals surface area contributed by atoms with Gasteiger partial charge in [0.1, 0.15) is 0 Å². The Morgan fingerprint density at radius 2 is 2.05 bits per heavy atom. The fourth-order valence-corrected chi connectivity index (χ4v) is 2.84. The molecule has 6 heteroatoms. The highest BCUT2D eigenvalue weighted by molar-refractivity contribution is 5.51. The molecule has 0 amide bonds. The SMILES string of the molecule is CCOc1c(OCC(F)(F)F)cccc1C1(C)CNCC1C. The number of hydrogen-bond donors (Lipinski definition) is 1. The van der Waals surface area contributed by atoms with Gasteiger partial charge in [0.05, 0.1) is 6.61 Å². The molecule has 1 heterocycles. The highest BCUT2D eigenvalue weighted by atomic mass is 19.4. The quantitative estimate of drug-likeness (QED) is 0.901. The van der Waals surface area contributed by atoms with Crippen molar-refractivity contribution in [3.63, 3.8) is 0 Å². The van der Waals surface area contributed by atoms with Crippen LogP contribution in [0.2, 0.25) is 0 Å². The van der Waals surface area contributed by atoms with Crippen molar-refractivity contribution in [2.45, 2.75) is 32.4 Å². The minimum Gasteiger partial charge on any atom is -0.490 e. The first-order valence-corrected chi connectivity index (χ1v) is 7.44. The van der Waals surface area contributed by atoms with Gasteiger partial charge in [-0.3, -0.25) is 0 Å². The number of hydrogen-bond acceptors (Lipinski definition) is 3. The number of alkyl halides is 3. The van der Waals surface area contributed by atoms with E-state index in [1.165, 1.54) is 6.07 Å². The van der Waals surface area contributed by atoms with Gasteiger partial charge < -0.3 is 14.8 Å². The van der Waals surface area contributed by atoms with Crippen LogP contribution in [0.5, 0.6) is 11.5 Å². The van der Waals surface area contributed by atoms with E-state index in [1.807, 2.05) is 13.0 Å². The summed E-state index contributed by atoms with van der Waals surface area (Å²) in [6.45, 7) is 6.72. The third-order valence-electron chi connectivity index (χ3n) is 4.30. The number of nitrogens with one attached hydrogen (secondary N) is 1. The molecule has 2 unspecified atom stereocenters. The van der Waals surface area contributed by atoms with Crippen LogP contribution in [0, 0.1) is 5.92 Å². The Morgan fingerprint density at radius 3 is 2.59 bits per heavy atom. The van der Waals surface area contributed by atoms with E-state index in [2.05, 4.69) is 19.2 Å². The fourth-order valence-electron chi connectivity index (χ4n) is 2.84. The molecule has 2 rings (SSSR count). The molecular weight excluding hydrogens is 295 g/mol. The van der Waals surface area contributed by atoms with Crippen LogP contribution in [-0.4, -0.2) is 32.5 Å². The lowest BCUT2D eigenvalue weighted by Crippen LogP contribution is -2.31. The zero-order chi connectivity index (χ0) is 16.4. The predicted octanol–water partition coefficient (Wildman–Crippen LogP) is 3.52. The van der Waals surface area contributed by atoms with Crippen LogP contribution in [0.3, 0.4) is 0 Å². The molecular formula is C16H22F3NO2. The Labute approximate surface area is 128 Å². The van der Waals surface area contributed by atoms with E-state index in [0.717, 1.165) is 18.7 Å². The first-order chi connectivity index (χ1) is 10.3. The number of halogens is 3. The van der Waals surface area contributed by atoms with Gasteiger partial charge in [0.25, 0.3) is 0 Å². The topological polar surface area (TPSA) is 30.5 Å². The normalized spacial score (nSPS) is 25.3. The number of ether oxygens (including phenoxy) is 2. The van der Waals surface area contributed by atoms with Gasteiger partial charge in [-0.05, 0) is 25.5 Å². The van der Waals surface area contributed by atoms with E-state index in [0.29, 0.717) is 18.3 Å². The number of rotatable bonds is 5. The third kappa shape index (κ3) is 3.48. The average molecular weight is 317 g/mol. The molecule has 1 aliphatic heterocycles. The van der Waals surface area contributed by atoms with Crippen molar-refractivity contribution in [3.8, 4) is 11.5 Å². The maximum absolute atomic E-state index is 12.4. The largest absolute Gasteiger partial charge is 0.490 e. The van der Waals surface area contributed by atoms with Crippen molar-refractivity contribution in [1.82, 2.24) is 5.32 Å². The Hall–Kier alpha value is -1.43. The van der Waals surface area contributed by atoms with E-state index < -0.39 is 12.8 Å². The first-order valence-electron chi connectivity index (χ1n) is 7.44. The van der Waals surface area contributed by atoms with Gasteiger partial charge in [-0.25, -0.2) is 0 Å². The Morgan fingerprint density at radius 1 is 1.32 bits per heavy atom. The van der Waals surface area contributed by atoms with Crippen molar-refractivity contribution < 1.29 is 22.6 Å². The predicted molar refractivity (Wildman–Crippen MR) is 78.5 cm³/mol. The van der Waals surface area contributed by atoms with Crippen LogP contribution in [0.1, 0.15) is 26.3 Å². The van der Waals surface area contributed by atoms with Gasteiger partial charge in [-0.2, -0.15) is 13.2 Å². The van der Waals surface area contributed by atoms with Gasteiger partial charge in [-0.1, -0.05) is 26.0 Å². The van der Waals surface area contributed by atoms with Gasteiger partial charge in [-0.15, -0.1) is 0 Å². The van der Waals surface area contributed by atoms with Crippen molar-refractivity contribution in [1.29, 1.82) is 0 Å². The first kappa shape index (κ1) is 16.9. The Kier molecular flexibility index (Phi) is 4.90. The lowest BCUT2D eigenvalue weighted by atomic mass is 9.74. The molecule has 1 fully saturated rings. The molecule has 0 radical (unpaired) electrons. The molecule has 1 aromatic rings. The molecule has 1 aromatic carbocycles. The fraction of sp³-hybridized carbons (Fsp3) is 0.625.